The van der Waals surface area contributed by atoms with Crippen LogP contribution in [0.3, 0.4) is 0 Å². The monoisotopic (exact) mass is 269 g/mol. The Kier molecular flexibility index (Phi) is 3.87. The molecule has 1 aromatic rings. The SMILES string of the molecule is CC[C@H](N)c1ccc(N2CCS(=O)(=O)CC2)cn1. The third kappa shape index (κ3) is 3.00. The molecular weight excluding hydrogens is 250 g/mol. The Morgan fingerprint density at radius 3 is 2.56 bits per heavy atom. The largest absolute Gasteiger partial charge is 0.368 e. The van der Waals surface area contributed by atoms with Gasteiger partial charge in [0, 0.05) is 19.1 Å². The first-order chi connectivity index (χ1) is 8.52. The summed E-state index contributed by atoms with van der Waals surface area (Å²) in [6.07, 6.45) is 2.64. The lowest BCUT2D eigenvalue weighted by Gasteiger charge is -2.28. The van der Waals surface area contributed by atoms with E-state index in [9.17, 15) is 8.42 Å². The molecule has 1 saturated heterocycles. The van der Waals surface area contributed by atoms with Crippen LogP contribution in [0.4, 0.5) is 5.69 Å². The summed E-state index contributed by atoms with van der Waals surface area (Å²) in [5, 5.41) is 0. The number of sulfone groups is 1. The Morgan fingerprint density at radius 1 is 1.39 bits per heavy atom. The molecule has 1 aromatic heterocycles. The van der Waals surface area contributed by atoms with Crippen molar-refractivity contribution in [3.8, 4) is 0 Å². The second-order valence-electron chi connectivity index (χ2n) is 4.59. The van der Waals surface area contributed by atoms with Crippen LogP contribution in [-0.2, 0) is 9.84 Å². The third-order valence-electron chi connectivity index (χ3n) is 3.30. The lowest BCUT2D eigenvalue weighted by atomic mass is 10.1. The molecule has 0 saturated carbocycles. The van der Waals surface area contributed by atoms with Gasteiger partial charge in [-0.25, -0.2) is 8.42 Å². The molecule has 0 bridgehead atoms. The number of nitrogens with two attached hydrogens (primary N) is 1. The second kappa shape index (κ2) is 5.24. The maximum absolute atomic E-state index is 11.4. The summed E-state index contributed by atoms with van der Waals surface area (Å²) in [5.41, 5.74) is 7.75. The van der Waals surface area contributed by atoms with E-state index in [4.69, 9.17) is 5.73 Å². The maximum Gasteiger partial charge on any atom is 0.153 e. The molecule has 6 heteroatoms. The van der Waals surface area contributed by atoms with Crippen molar-refractivity contribution in [3.05, 3.63) is 24.0 Å². The van der Waals surface area contributed by atoms with Gasteiger partial charge in [0.05, 0.1) is 29.1 Å². The van der Waals surface area contributed by atoms with Gasteiger partial charge in [-0.05, 0) is 18.6 Å². The summed E-state index contributed by atoms with van der Waals surface area (Å²) in [6, 6.07) is 3.86. The van der Waals surface area contributed by atoms with E-state index >= 15 is 0 Å². The van der Waals surface area contributed by atoms with Crippen LogP contribution in [0, 0.1) is 0 Å². The van der Waals surface area contributed by atoms with Crippen molar-refractivity contribution in [2.75, 3.05) is 29.5 Å². The normalized spacial score (nSPS) is 20.7. The van der Waals surface area contributed by atoms with E-state index in [1.807, 2.05) is 19.1 Å². The highest BCUT2D eigenvalue weighted by molar-refractivity contribution is 7.91. The molecule has 2 rings (SSSR count). The zero-order valence-corrected chi connectivity index (χ0v) is 11.4. The molecule has 0 spiro atoms. The molecule has 0 unspecified atom stereocenters. The minimum Gasteiger partial charge on any atom is -0.368 e. The molecule has 2 N–H and O–H groups in total. The summed E-state index contributed by atoms with van der Waals surface area (Å²) in [4.78, 5) is 6.40. The van der Waals surface area contributed by atoms with E-state index < -0.39 is 9.84 Å². The smallest absolute Gasteiger partial charge is 0.153 e. The number of nitrogens with zero attached hydrogens (tertiary/aromatic N) is 2. The van der Waals surface area contributed by atoms with Crippen molar-refractivity contribution in [1.82, 2.24) is 4.98 Å². The van der Waals surface area contributed by atoms with Gasteiger partial charge < -0.3 is 10.6 Å². The van der Waals surface area contributed by atoms with E-state index in [0.717, 1.165) is 17.8 Å². The Hall–Kier alpha value is -1.14. The number of anilines is 1. The van der Waals surface area contributed by atoms with Gasteiger partial charge in [-0.3, -0.25) is 4.98 Å². The molecule has 0 amide bonds. The van der Waals surface area contributed by atoms with Crippen LogP contribution >= 0.6 is 0 Å². The van der Waals surface area contributed by atoms with E-state index in [2.05, 4.69) is 9.88 Å². The lowest BCUT2D eigenvalue weighted by Crippen LogP contribution is -2.40. The van der Waals surface area contributed by atoms with Gasteiger partial charge in [0.1, 0.15) is 0 Å². The van der Waals surface area contributed by atoms with Crippen molar-refractivity contribution < 1.29 is 8.42 Å². The summed E-state index contributed by atoms with van der Waals surface area (Å²) in [5.74, 6) is 0.451. The standard InChI is InChI=1S/C12H19N3O2S/c1-2-11(13)12-4-3-10(9-14-12)15-5-7-18(16,17)8-6-15/h3-4,9,11H,2,5-8,13H2,1H3/t11-/m0/s1. The lowest BCUT2D eigenvalue weighted by molar-refractivity contribution is 0.586. The predicted molar refractivity (Wildman–Crippen MR) is 72.3 cm³/mol. The van der Waals surface area contributed by atoms with Gasteiger partial charge in [0.2, 0.25) is 0 Å². The average molecular weight is 269 g/mol. The van der Waals surface area contributed by atoms with Crippen LogP contribution in [0.25, 0.3) is 0 Å². The number of aromatic nitrogens is 1. The third-order valence-corrected chi connectivity index (χ3v) is 4.91. The first-order valence-electron chi connectivity index (χ1n) is 6.19. The van der Waals surface area contributed by atoms with Gasteiger partial charge >= 0.3 is 0 Å². The van der Waals surface area contributed by atoms with Gasteiger partial charge in [-0.2, -0.15) is 0 Å². The maximum atomic E-state index is 11.4. The fraction of sp³-hybridized carbons (Fsp3) is 0.583. The van der Waals surface area contributed by atoms with Gasteiger partial charge in [-0.15, -0.1) is 0 Å². The van der Waals surface area contributed by atoms with E-state index in [0.29, 0.717) is 13.1 Å². The molecule has 0 radical (unpaired) electrons. The molecule has 1 aliphatic heterocycles. The molecule has 5 nitrogen and oxygen atoms in total. The fourth-order valence-electron chi connectivity index (χ4n) is 1.98. The van der Waals surface area contributed by atoms with E-state index in [1.54, 1.807) is 6.20 Å². The highest BCUT2D eigenvalue weighted by Crippen LogP contribution is 2.18. The molecule has 0 aromatic carbocycles. The van der Waals surface area contributed by atoms with Crippen molar-refractivity contribution in [2.45, 2.75) is 19.4 Å². The van der Waals surface area contributed by atoms with Gasteiger partial charge in [0.15, 0.2) is 9.84 Å². The molecule has 1 aliphatic rings. The van der Waals surface area contributed by atoms with Crippen LogP contribution in [-0.4, -0.2) is 38.0 Å². The second-order valence-corrected chi connectivity index (χ2v) is 6.90. The summed E-state index contributed by atoms with van der Waals surface area (Å²) < 4.78 is 22.7. The highest BCUT2D eigenvalue weighted by atomic mass is 32.2. The minimum absolute atomic E-state index is 0.0271. The van der Waals surface area contributed by atoms with Crippen molar-refractivity contribution in [2.24, 2.45) is 5.73 Å². The van der Waals surface area contributed by atoms with Crippen LogP contribution in [0.15, 0.2) is 18.3 Å². The molecule has 0 aliphatic carbocycles. The summed E-state index contributed by atoms with van der Waals surface area (Å²) in [6.45, 7) is 3.11. The number of pyridine rings is 1. The fourth-order valence-corrected chi connectivity index (χ4v) is 3.18. The number of hydrogen-bond acceptors (Lipinski definition) is 5. The van der Waals surface area contributed by atoms with Crippen LogP contribution in [0.1, 0.15) is 25.1 Å². The zero-order chi connectivity index (χ0) is 13.2. The molecule has 1 atom stereocenters. The summed E-state index contributed by atoms with van der Waals surface area (Å²) in [7, 11) is -2.83. The topological polar surface area (TPSA) is 76.3 Å². The first-order valence-corrected chi connectivity index (χ1v) is 8.01. The minimum atomic E-state index is -2.83. The molecule has 18 heavy (non-hydrogen) atoms. The molecule has 100 valence electrons. The Labute approximate surface area is 108 Å². The van der Waals surface area contributed by atoms with Crippen molar-refractivity contribution in [3.63, 3.8) is 0 Å². The predicted octanol–water partition coefficient (Wildman–Crippen LogP) is 0.726. The number of rotatable bonds is 3. The zero-order valence-electron chi connectivity index (χ0n) is 10.5. The Balaban J connectivity index is 2.07. The van der Waals surface area contributed by atoms with Crippen LogP contribution in [0.2, 0.25) is 0 Å². The van der Waals surface area contributed by atoms with Gasteiger partial charge in [0.25, 0.3) is 0 Å². The van der Waals surface area contributed by atoms with Gasteiger partial charge in [-0.1, -0.05) is 6.92 Å². The number of hydrogen-bond donors (Lipinski definition) is 1. The quantitative estimate of drug-likeness (QED) is 0.875. The molecule has 1 fully saturated rings. The van der Waals surface area contributed by atoms with Crippen molar-refractivity contribution >= 4 is 15.5 Å². The molecular formula is C12H19N3O2S. The average Bonchev–Trinajstić information content (AvgIpc) is 2.38. The van der Waals surface area contributed by atoms with E-state index in [1.165, 1.54) is 0 Å². The van der Waals surface area contributed by atoms with E-state index in [-0.39, 0.29) is 17.5 Å². The van der Waals surface area contributed by atoms with Crippen LogP contribution < -0.4 is 10.6 Å². The van der Waals surface area contributed by atoms with Crippen LogP contribution in [0.5, 0.6) is 0 Å². The summed E-state index contributed by atoms with van der Waals surface area (Å²) >= 11 is 0. The Morgan fingerprint density at radius 2 is 2.06 bits per heavy atom. The Bertz CT molecular complexity index is 485. The first kappa shape index (κ1) is 13.3. The highest BCUT2D eigenvalue weighted by Gasteiger charge is 2.21. The molecule has 2 heterocycles. The van der Waals surface area contributed by atoms with Crippen molar-refractivity contribution in [1.29, 1.82) is 0 Å².